The Morgan fingerprint density at radius 2 is 2.33 bits per heavy atom. The molecule has 1 unspecified atom stereocenters. The molecule has 9 heavy (non-hydrogen) atoms. The van der Waals surface area contributed by atoms with Crippen LogP contribution in [0.5, 0.6) is 0 Å². The van der Waals surface area contributed by atoms with Crippen LogP contribution >= 0.6 is 12.4 Å². The third kappa shape index (κ3) is 3.70. The van der Waals surface area contributed by atoms with Crippen molar-refractivity contribution in [2.24, 2.45) is 5.84 Å². The molecule has 1 heterocycles. The smallest absolute Gasteiger partial charge is 0.0950 e. The van der Waals surface area contributed by atoms with Gasteiger partial charge in [-0.15, -0.1) is 12.4 Å². The van der Waals surface area contributed by atoms with Crippen molar-refractivity contribution in [1.82, 2.24) is 5.01 Å². The molecule has 1 saturated heterocycles. The quantitative estimate of drug-likeness (QED) is 0.352. The van der Waals surface area contributed by atoms with Gasteiger partial charge in [0.05, 0.1) is 12.7 Å². The summed E-state index contributed by atoms with van der Waals surface area (Å²) in [6, 6.07) is 0. The second-order valence-electron chi connectivity index (χ2n) is 2.04. The van der Waals surface area contributed by atoms with Gasteiger partial charge in [0.2, 0.25) is 0 Å². The first-order chi connectivity index (χ1) is 3.83. The van der Waals surface area contributed by atoms with Crippen molar-refractivity contribution in [3.05, 3.63) is 0 Å². The van der Waals surface area contributed by atoms with E-state index in [9.17, 15) is 0 Å². The SMILES string of the molecule is CCN(N)CC1CO1.Cl. The maximum absolute atomic E-state index is 5.47. The molecule has 1 fully saturated rings. The summed E-state index contributed by atoms with van der Waals surface area (Å²) in [4.78, 5) is 0. The largest absolute Gasteiger partial charge is 0.372 e. The van der Waals surface area contributed by atoms with Crippen molar-refractivity contribution in [3.63, 3.8) is 0 Å². The van der Waals surface area contributed by atoms with Gasteiger partial charge in [-0.2, -0.15) is 0 Å². The van der Waals surface area contributed by atoms with Gasteiger partial charge in [0.15, 0.2) is 0 Å². The van der Waals surface area contributed by atoms with Gasteiger partial charge in [-0.05, 0) is 0 Å². The van der Waals surface area contributed by atoms with Crippen LogP contribution in [0.25, 0.3) is 0 Å². The molecule has 0 aromatic rings. The van der Waals surface area contributed by atoms with E-state index in [-0.39, 0.29) is 12.4 Å². The minimum Gasteiger partial charge on any atom is -0.372 e. The lowest BCUT2D eigenvalue weighted by atomic mass is 10.4. The zero-order valence-corrected chi connectivity index (χ0v) is 6.36. The summed E-state index contributed by atoms with van der Waals surface area (Å²) in [6.45, 7) is 4.71. The van der Waals surface area contributed by atoms with E-state index in [1.54, 1.807) is 5.01 Å². The summed E-state index contributed by atoms with van der Waals surface area (Å²) >= 11 is 0. The summed E-state index contributed by atoms with van der Waals surface area (Å²) in [6.07, 6.45) is 0.431. The lowest BCUT2D eigenvalue weighted by Gasteiger charge is -2.09. The van der Waals surface area contributed by atoms with E-state index in [1.165, 1.54) is 0 Å². The van der Waals surface area contributed by atoms with E-state index in [4.69, 9.17) is 10.6 Å². The Labute approximate surface area is 61.5 Å². The van der Waals surface area contributed by atoms with Gasteiger partial charge in [0.25, 0.3) is 0 Å². The Bertz CT molecular complexity index is 77.4. The van der Waals surface area contributed by atoms with Gasteiger partial charge < -0.3 is 4.74 Å². The molecule has 1 atom stereocenters. The third-order valence-corrected chi connectivity index (χ3v) is 1.25. The highest BCUT2D eigenvalue weighted by molar-refractivity contribution is 5.85. The molecule has 0 radical (unpaired) electrons. The fourth-order valence-corrected chi connectivity index (χ4v) is 0.564. The summed E-state index contributed by atoms with van der Waals surface area (Å²) in [5.41, 5.74) is 0. The number of epoxide rings is 1. The molecule has 0 bridgehead atoms. The van der Waals surface area contributed by atoms with E-state index >= 15 is 0 Å². The number of hydrogen-bond donors (Lipinski definition) is 1. The molecule has 3 nitrogen and oxygen atoms in total. The Balaban J connectivity index is 0.000000640. The van der Waals surface area contributed by atoms with E-state index in [0.717, 1.165) is 19.7 Å². The number of ether oxygens (including phenoxy) is 1. The van der Waals surface area contributed by atoms with Crippen LogP contribution in [0.15, 0.2) is 0 Å². The number of hydrogen-bond acceptors (Lipinski definition) is 3. The maximum Gasteiger partial charge on any atom is 0.0950 e. The molecule has 0 aliphatic carbocycles. The summed E-state index contributed by atoms with van der Waals surface area (Å²) in [5.74, 6) is 5.47. The fraction of sp³-hybridized carbons (Fsp3) is 1.00. The van der Waals surface area contributed by atoms with Gasteiger partial charge in [-0.25, -0.2) is 5.01 Å². The molecule has 56 valence electrons. The predicted molar refractivity (Wildman–Crippen MR) is 38.4 cm³/mol. The average molecular weight is 153 g/mol. The van der Waals surface area contributed by atoms with Gasteiger partial charge in [-0.1, -0.05) is 6.92 Å². The van der Waals surface area contributed by atoms with Crippen LogP contribution in [0.3, 0.4) is 0 Å². The molecule has 4 heteroatoms. The fourth-order valence-electron chi connectivity index (χ4n) is 0.564. The van der Waals surface area contributed by atoms with Crippen LogP contribution in [0, 0.1) is 0 Å². The highest BCUT2D eigenvalue weighted by atomic mass is 35.5. The van der Waals surface area contributed by atoms with Gasteiger partial charge in [-0.3, -0.25) is 5.84 Å². The van der Waals surface area contributed by atoms with Crippen LogP contribution in [0.2, 0.25) is 0 Å². The average Bonchev–Trinajstić information content (AvgIpc) is 2.50. The Kier molecular flexibility index (Phi) is 4.14. The van der Waals surface area contributed by atoms with Gasteiger partial charge in [0, 0.05) is 13.1 Å². The standard InChI is InChI=1S/C5H12N2O.ClH/c1-2-7(6)3-5-4-8-5;/h5H,2-4,6H2,1H3;1H. The van der Waals surface area contributed by atoms with Crippen LogP contribution in [0.1, 0.15) is 6.92 Å². The molecular weight excluding hydrogens is 140 g/mol. The van der Waals surface area contributed by atoms with E-state index in [2.05, 4.69) is 0 Å². The first-order valence-electron chi connectivity index (χ1n) is 2.94. The number of rotatable bonds is 3. The number of nitrogens with zero attached hydrogens (tertiary/aromatic N) is 1. The number of hydrazine groups is 1. The number of nitrogens with two attached hydrogens (primary N) is 1. The van der Waals surface area contributed by atoms with Crippen LogP contribution in [0.4, 0.5) is 0 Å². The Morgan fingerprint density at radius 1 is 1.78 bits per heavy atom. The van der Waals surface area contributed by atoms with E-state index in [1.807, 2.05) is 6.92 Å². The van der Waals surface area contributed by atoms with Crippen molar-refractivity contribution in [1.29, 1.82) is 0 Å². The second kappa shape index (κ2) is 4.06. The molecule has 2 N–H and O–H groups in total. The summed E-state index contributed by atoms with van der Waals surface area (Å²) < 4.78 is 4.96. The van der Waals surface area contributed by atoms with Crippen molar-refractivity contribution in [3.8, 4) is 0 Å². The van der Waals surface area contributed by atoms with Crippen molar-refractivity contribution >= 4 is 12.4 Å². The normalized spacial score (nSPS) is 23.7. The lowest BCUT2D eigenvalue weighted by molar-refractivity contribution is 0.259. The Hall–Kier alpha value is 0.170. The van der Waals surface area contributed by atoms with Gasteiger partial charge >= 0.3 is 0 Å². The molecule has 1 aliphatic rings. The van der Waals surface area contributed by atoms with Crippen LogP contribution in [-0.4, -0.2) is 30.8 Å². The molecule has 0 amide bonds. The topological polar surface area (TPSA) is 41.8 Å². The molecular formula is C5H13ClN2O. The first kappa shape index (κ1) is 9.17. The number of likely N-dealkylation sites (N-methyl/N-ethyl adjacent to an activating group) is 1. The summed E-state index contributed by atoms with van der Waals surface area (Å²) in [7, 11) is 0. The predicted octanol–water partition coefficient (Wildman–Crippen LogP) is 0.00260. The van der Waals surface area contributed by atoms with E-state index < -0.39 is 0 Å². The van der Waals surface area contributed by atoms with Crippen molar-refractivity contribution in [2.75, 3.05) is 19.7 Å². The highest BCUT2D eigenvalue weighted by Gasteiger charge is 2.23. The molecule has 0 spiro atoms. The van der Waals surface area contributed by atoms with Crippen molar-refractivity contribution < 1.29 is 4.74 Å². The minimum atomic E-state index is 0. The van der Waals surface area contributed by atoms with E-state index in [0.29, 0.717) is 6.10 Å². The zero-order valence-electron chi connectivity index (χ0n) is 5.54. The monoisotopic (exact) mass is 152 g/mol. The van der Waals surface area contributed by atoms with Crippen LogP contribution < -0.4 is 5.84 Å². The maximum atomic E-state index is 5.47. The molecule has 1 aliphatic heterocycles. The second-order valence-corrected chi connectivity index (χ2v) is 2.04. The highest BCUT2D eigenvalue weighted by Crippen LogP contribution is 2.08. The number of halogens is 1. The molecule has 0 aromatic heterocycles. The minimum absolute atomic E-state index is 0. The third-order valence-electron chi connectivity index (χ3n) is 1.25. The Morgan fingerprint density at radius 3 is 2.67 bits per heavy atom. The molecule has 0 aromatic carbocycles. The molecule has 0 saturated carbocycles. The summed E-state index contributed by atoms with van der Waals surface area (Å²) in [5, 5.41) is 1.76. The lowest BCUT2D eigenvalue weighted by Crippen LogP contribution is -2.34. The van der Waals surface area contributed by atoms with Crippen molar-refractivity contribution in [2.45, 2.75) is 13.0 Å². The first-order valence-corrected chi connectivity index (χ1v) is 2.94. The van der Waals surface area contributed by atoms with Crippen LogP contribution in [-0.2, 0) is 4.74 Å². The molecule has 1 rings (SSSR count). The zero-order chi connectivity index (χ0) is 5.98. The van der Waals surface area contributed by atoms with Gasteiger partial charge in [0.1, 0.15) is 0 Å².